The summed E-state index contributed by atoms with van der Waals surface area (Å²) in [5.74, 6) is 2.59. The predicted octanol–water partition coefficient (Wildman–Crippen LogP) is 3.51. The van der Waals surface area contributed by atoms with Gasteiger partial charge in [-0.1, -0.05) is 88.4 Å². The molecule has 0 amide bonds. The molecule has 1 saturated heterocycles. The molecule has 2 aromatic carbocycles. The van der Waals surface area contributed by atoms with Crippen LogP contribution < -0.4 is 10.4 Å². The molecule has 30 heavy (non-hydrogen) atoms. The third-order valence-corrected chi connectivity index (χ3v) is 11.1. The number of rotatable bonds is 6. The van der Waals surface area contributed by atoms with Gasteiger partial charge < -0.3 is 14.3 Å². The van der Waals surface area contributed by atoms with Gasteiger partial charge in [0.2, 0.25) is 0 Å². The topological polar surface area (TPSA) is 38.7 Å². The fourth-order valence-electron chi connectivity index (χ4n) is 4.33. The summed E-state index contributed by atoms with van der Waals surface area (Å²) in [6.45, 7) is 10.5. The normalized spacial score (nSPS) is 24.1. The molecular weight excluding hydrogens is 614 g/mol. The van der Waals surface area contributed by atoms with Crippen molar-refractivity contribution < 1.29 is 45.4 Å². The summed E-state index contributed by atoms with van der Waals surface area (Å²) >= 11 is 0. The van der Waals surface area contributed by atoms with Gasteiger partial charge in [-0.3, -0.25) is 0 Å². The Morgan fingerprint density at radius 1 is 1.10 bits per heavy atom. The van der Waals surface area contributed by atoms with Gasteiger partial charge >= 0.3 is 0 Å². The van der Waals surface area contributed by atoms with Crippen LogP contribution in [0.2, 0.25) is 5.04 Å². The van der Waals surface area contributed by atoms with Gasteiger partial charge in [0.25, 0.3) is 8.32 Å². The Bertz CT molecular complexity index is 805. The molecule has 0 aromatic heterocycles. The molecule has 158 valence electrons. The van der Waals surface area contributed by atoms with Crippen LogP contribution in [0.4, 0.5) is 0 Å². The minimum atomic E-state index is -2.69. The van der Waals surface area contributed by atoms with E-state index in [4.69, 9.17) is 15.6 Å². The summed E-state index contributed by atoms with van der Waals surface area (Å²) in [6.07, 6.45) is 5.42. The van der Waals surface area contributed by atoms with Crippen LogP contribution in [0, 0.1) is 56.0 Å². The fourth-order valence-corrected chi connectivity index (χ4v) is 8.94. The van der Waals surface area contributed by atoms with Crippen LogP contribution in [0.15, 0.2) is 60.7 Å². The van der Waals surface area contributed by atoms with Crippen molar-refractivity contribution in [3.63, 3.8) is 0 Å². The quantitative estimate of drug-likeness (QED) is 0.297. The number of ether oxygens (including phenoxy) is 1. The van der Waals surface area contributed by atoms with Crippen molar-refractivity contribution in [2.75, 3.05) is 6.61 Å². The van der Waals surface area contributed by atoms with Crippen LogP contribution in [0.3, 0.4) is 0 Å². The van der Waals surface area contributed by atoms with Gasteiger partial charge in [-0.15, -0.1) is 12.3 Å². The van der Waals surface area contributed by atoms with Crippen molar-refractivity contribution in [1.29, 1.82) is 0 Å². The Balaban J connectivity index is 0.00000320. The molecule has 0 aliphatic carbocycles. The van der Waals surface area contributed by atoms with E-state index in [0.717, 1.165) is 0 Å². The zero-order valence-corrected chi connectivity index (χ0v) is 23.4. The molecule has 3 nitrogen and oxygen atoms in total. The summed E-state index contributed by atoms with van der Waals surface area (Å²) in [5.41, 5.74) is -0.721. The van der Waals surface area contributed by atoms with E-state index in [1.807, 2.05) is 19.1 Å². The first kappa shape index (κ1) is 25.4. The summed E-state index contributed by atoms with van der Waals surface area (Å²) < 4.78 is 13.0. The van der Waals surface area contributed by atoms with Crippen LogP contribution in [0.5, 0.6) is 0 Å². The van der Waals surface area contributed by atoms with Gasteiger partial charge in [-0.05, 0) is 27.4 Å². The summed E-state index contributed by atoms with van der Waals surface area (Å²) in [6, 6.07) is 21.0. The van der Waals surface area contributed by atoms with E-state index in [0.29, 0.717) is 13.0 Å². The molecule has 1 N–H and O–H groups in total. The summed E-state index contributed by atoms with van der Waals surface area (Å²) in [7, 11) is -2.69. The maximum atomic E-state index is 10.3. The Morgan fingerprint density at radius 2 is 1.60 bits per heavy atom. The number of hydrogen-bond donors (Lipinski definition) is 1. The average molecular weight is 646 g/mol. The van der Waals surface area contributed by atoms with Crippen LogP contribution >= 0.6 is 0 Å². The zero-order valence-electron chi connectivity index (χ0n) is 18.3. The first-order valence-electron chi connectivity index (χ1n) is 10.1. The van der Waals surface area contributed by atoms with E-state index < -0.39 is 20.0 Å². The summed E-state index contributed by atoms with van der Waals surface area (Å²) in [4.78, 5) is 0. The van der Waals surface area contributed by atoms with E-state index in [9.17, 15) is 5.11 Å². The second-order valence-electron chi connectivity index (χ2n) is 8.93. The van der Waals surface area contributed by atoms with Crippen LogP contribution in [0.25, 0.3) is 0 Å². The molecule has 3 atom stereocenters. The molecule has 1 fully saturated rings. The maximum absolute atomic E-state index is 10.3. The van der Waals surface area contributed by atoms with E-state index in [1.54, 1.807) is 0 Å². The molecule has 0 saturated carbocycles. The van der Waals surface area contributed by atoms with Gasteiger partial charge in [0, 0.05) is 37.5 Å². The van der Waals surface area contributed by atoms with Crippen LogP contribution in [0.1, 0.15) is 34.1 Å². The van der Waals surface area contributed by atoms with Crippen molar-refractivity contribution in [1.82, 2.24) is 0 Å². The largest absolute Gasteiger partial charge is 0.542 e. The first-order chi connectivity index (χ1) is 13.8. The molecule has 0 unspecified atom stereocenters. The monoisotopic (exact) mass is 645 g/mol. The van der Waals surface area contributed by atoms with Gasteiger partial charge in [-0.2, -0.15) is 6.61 Å². The van der Waals surface area contributed by atoms with Crippen molar-refractivity contribution in [2.24, 2.45) is 5.92 Å². The molecule has 0 bridgehead atoms. The smallest absolute Gasteiger partial charge is 0.261 e. The van der Waals surface area contributed by atoms with Crippen LogP contribution in [-0.2, 0) is 9.16 Å². The Hall–Kier alpha value is -0.851. The first-order valence-corrected chi connectivity index (χ1v) is 12.1. The summed E-state index contributed by atoms with van der Waals surface area (Å²) in [5, 5.41) is 12.6. The van der Waals surface area contributed by atoms with E-state index >= 15 is 0 Å². The SMILES string of the molecule is C#CC[C@@]1(CO[Si](c2ccccc2)(c2ccccc2)C(C)(C)C)O[CH-][C@H](O)[C@@H]1C.[U]. The molecular formula is C25H31O3SiU-. The number of benzene rings is 2. The molecule has 3 rings (SSSR count). The number of terminal acetylenes is 1. The average Bonchev–Trinajstić information content (AvgIpc) is 2.98. The Morgan fingerprint density at radius 3 is 1.97 bits per heavy atom. The molecule has 2 aromatic rings. The van der Waals surface area contributed by atoms with Crippen LogP contribution in [-0.4, -0.2) is 31.7 Å². The second-order valence-corrected chi connectivity index (χ2v) is 13.2. The van der Waals surface area contributed by atoms with E-state index in [1.165, 1.54) is 17.0 Å². The minimum Gasteiger partial charge on any atom is -0.542 e. The fraction of sp³-hybridized carbons (Fsp3) is 0.400. The Labute approximate surface area is 206 Å². The van der Waals surface area contributed by atoms with E-state index in [-0.39, 0.29) is 42.1 Å². The van der Waals surface area contributed by atoms with Crippen molar-refractivity contribution in [2.45, 2.75) is 50.9 Å². The maximum Gasteiger partial charge on any atom is 0.261 e. The molecule has 5 heteroatoms. The van der Waals surface area contributed by atoms with Gasteiger partial charge in [0.05, 0.1) is 12.2 Å². The molecule has 1 aliphatic rings. The third kappa shape index (κ3) is 4.66. The third-order valence-electron chi connectivity index (χ3n) is 6.14. The van der Waals surface area contributed by atoms with E-state index in [2.05, 4.69) is 75.2 Å². The van der Waals surface area contributed by atoms with Gasteiger partial charge in [0.15, 0.2) is 0 Å². The second kappa shape index (κ2) is 10.2. The van der Waals surface area contributed by atoms with Crippen molar-refractivity contribution in [3.8, 4) is 12.3 Å². The zero-order chi connectivity index (χ0) is 21.1. The Kier molecular flexibility index (Phi) is 8.62. The van der Waals surface area contributed by atoms with Gasteiger partial charge in [0.1, 0.15) is 0 Å². The van der Waals surface area contributed by atoms with Crippen molar-refractivity contribution in [3.05, 3.63) is 67.3 Å². The number of aliphatic hydroxyl groups excluding tert-OH is 1. The molecule has 1 aliphatic heterocycles. The predicted molar refractivity (Wildman–Crippen MR) is 120 cm³/mol. The standard InChI is InChI=1S/C25H31O3Si.U/c1-6-17-25(20(2)23(26)18-27-25)19-28-29(24(3,4)5,21-13-9-7-10-14-21)22-15-11-8-12-16-22;/h1,7-16,18,20,23,26H,17,19H2,2-5H3;/q-1;/t20-,23-,25-;/m0./s1. The molecule has 0 spiro atoms. The van der Waals surface area contributed by atoms with Crippen molar-refractivity contribution >= 4 is 18.7 Å². The number of hydrogen-bond acceptors (Lipinski definition) is 3. The number of aliphatic hydroxyl groups is 1. The van der Waals surface area contributed by atoms with Gasteiger partial charge in [-0.25, -0.2) is 0 Å². The molecule has 1 heterocycles. The minimum absolute atomic E-state index is 0. The molecule has 0 radical (unpaired) electrons.